The van der Waals surface area contributed by atoms with Crippen molar-refractivity contribution >= 4 is 20.1 Å². The van der Waals surface area contributed by atoms with Gasteiger partial charge in [0.25, 0.3) is 0 Å². The summed E-state index contributed by atoms with van der Waals surface area (Å²) < 4.78 is 58.4. The third-order valence-electron chi connectivity index (χ3n) is 5.12. The SMILES string of the molecule is Cn1nc(C2CCN(S(=O)(=O)c3cccnc3)CC2)cc1OS(=O)(=O)c1cccnc1. The van der Waals surface area contributed by atoms with Gasteiger partial charge in [-0.15, -0.1) is 0 Å². The summed E-state index contributed by atoms with van der Waals surface area (Å²) in [4.78, 5) is 7.81. The first-order chi connectivity index (χ1) is 14.8. The molecule has 0 spiro atoms. The van der Waals surface area contributed by atoms with Crippen molar-refractivity contribution in [2.75, 3.05) is 13.1 Å². The molecule has 10 nitrogen and oxygen atoms in total. The molecule has 164 valence electrons. The highest BCUT2D eigenvalue weighted by atomic mass is 32.2. The van der Waals surface area contributed by atoms with Crippen molar-refractivity contribution in [1.82, 2.24) is 24.1 Å². The predicted octanol–water partition coefficient (Wildman–Crippen LogP) is 1.55. The van der Waals surface area contributed by atoms with E-state index in [0.717, 1.165) is 0 Å². The first-order valence-corrected chi connectivity index (χ1v) is 12.4. The highest BCUT2D eigenvalue weighted by Crippen LogP contribution is 2.32. The highest BCUT2D eigenvalue weighted by molar-refractivity contribution is 7.89. The van der Waals surface area contributed by atoms with E-state index in [2.05, 4.69) is 15.1 Å². The van der Waals surface area contributed by atoms with Crippen LogP contribution in [0.15, 0.2) is 64.9 Å². The number of aryl methyl sites for hydroxylation is 1. The first-order valence-electron chi connectivity index (χ1n) is 9.56. The minimum atomic E-state index is -4.03. The van der Waals surface area contributed by atoms with Crippen molar-refractivity contribution in [3.63, 3.8) is 0 Å². The molecule has 0 unspecified atom stereocenters. The Morgan fingerprint density at radius 3 is 2.16 bits per heavy atom. The van der Waals surface area contributed by atoms with Crippen molar-refractivity contribution in [3.8, 4) is 5.88 Å². The van der Waals surface area contributed by atoms with E-state index in [-0.39, 0.29) is 21.6 Å². The number of aromatic nitrogens is 4. The standard InChI is InChI=1S/C19H21N5O5S2/c1-23-19(29-31(27,28)17-5-3-9-21-14-17)12-18(22-23)15-6-10-24(11-7-15)30(25,26)16-4-2-8-20-13-16/h2-5,8-9,12-15H,6-7,10-11H2,1H3. The Hall–Kier alpha value is -2.83. The number of rotatable bonds is 6. The van der Waals surface area contributed by atoms with Gasteiger partial charge in [0, 0.05) is 56.9 Å². The van der Waals surface area contributed by atoms with E-state index in [1.807, 2.05) is 0 Å². The molecule has 0 amide bonds. The molecule has 31 heavy (non-hydrogen) atoms. The summed E-state index contributed by atoms with van der Waals surface area (Å²) in [5.74, 6) is 0.0780. The van der Waals surface area contributed by atoms with Crippen LogP contribution in [-0.4, -0.2) is 54.0 Å². The molecule has 1 fully saturated rings. The van der Waals surface area contributed by atoms with Gasteiger partial charge in [-0.2, -0.15) is 17.8 Å². The molecule has 1 saturated heterocycles. The summed E-state index contributed by atoms with van der Waals surface area (Å²) in [5.41, 5.74) is 0.664. The lowest BCUT2D eigenvalue weighted by Gasteiger charge is -2.30. The van der Waals surface area contributed by atoms with E-state index in [1.165, 1.54) is 52.0 Å². The summed E-state index contributed by atoms with van der Waals surface area (Å²) in [6.07, 6.45) is 6.68. The maximum Gasteiger partial charge on any atom is 0.342 e. The second-order valence-electron chi connectivity index (χ2n) is 7.12. The summed E-state index contributed by atoms with van der Waals surface area (Å²) in [6.45, 7) is 0.672. The fourth-order valence-electron chi connectivity index (χ4n) is 3.44. The van der Waals surface area contributed by atoms with Crippen LogP contribution in [0.5, 0.6) is 5.88 Å². The molecule has 1 aliphatic heterocycles. The van der Waals surface area contributed by atoms with E-state index in [0.29, 0.717) is 31.6 Å². The zero-order chi connectivity index (χ0) is 22.1. The van der Waals surface area contributed by atoms with Crippen molar-refractivity contribution in [3.05, 3.63) is 60.8 Å². The van der Waals surface area contributed by atoms with E-state index >= 15 is 0 Å². The Labute approximate surface area is 180 Å². The quantitative estimate of drug-likeness (QED) is 0.504. The first kappa shape index (κ1) is 21.4. The molecule has 4 heterocycles. The fourth-order valence-corrected chi connectivity index (χ4v) is 5.79. The van der Waals surface area contributed by atoms with Gasteiger partial charge in [0.1, 0.15) is 9.79 Å². The van der Waals surface area contributed by atoms with Crippen molar-refractivity contribution in [2.24, 2.45) is 7.05 Å². The minimum Gasteiger partial charge on any atom is -0.358 e. The molecule has 0 atom stereocenters. The van der Waals surface area contributed by atoms with Gasteiger partial charge in [0.15, 0.2) is 0 Å². The van der Waals surface area contributed by atoms with Crippen LogP contribution in [0.25, 0.3) is 0 Å². The fraction of sp³-hybridized carbons (Fsp3) is 0.316. The van der Waals surface area contributed by atoms with Crippen LogP contribution in [-0.2, 0) is 27.2 Å². The zero-order valence-electron chi connectivity index (χ0n) is 16.7. The molecule has 0 bridgehead atoms. The summed E-state index contributed by atoms with van der Waals surface area (Å²) in [7, 11) is -6.02. The van der Waals surface area contributed by atoms with Gasteiger partial charge in [-0.3, -0.25) is 9.97 Å². The van der Waals surface area contributed by atoms with Gasteiger partial charge >= 0.3 is 10.1 Å². The minimum absolute atomic E-state index is 0.00926. The molecule has 1 aliphatic rings. The van der Waals surface area contributed by atoms with E-state index < -0.39 is 20.1 Å². The summed E-state index contributed by atoms with van der Waals surface area (Å²) in [5, 5.41) is 4.39. The maximum absolute atomic E-state index is 12.8. The van der Waals surface area contributed by atoms with Crippen LogP contribution in [0, 0.1) is 0 Å². The molecule has 4 rings (SSSR count). The van der Waals surface area contributed by atoms with Crippen molar-refractivity contribution in [2.45, 2.75) is 28.6 Å². The Bertz CT molecular complexity index is 1250. The Morgan fingerprint density at radius 1 is 0.968 bits per heavy atom. The predicted molar refractivity (Wildman–Crippen MR) is 110 cm³/mol. The zero-order valence-corrected chi connectivity index (χ0v) is 18.3. The van der Waals surface area contributed by atoms with E-state index in [1.54, 1.807) is 19.2 Å². The average Bonchev–Trinajstić information content (AvgIpc) is 3.14. The molecule has 3 aromatic heterocycles. The second-order valence-corrected chi connectivity index (χ2v) is 10.6. The molecular weight excluding hydrogens is 442 g/mol. The van der Waals surface area contributed by atoms with Crippen LogP contribution in [0.2, 0.25) is 0 Å². The number of nitrogens with zero attached hydrogens (tertiary/aromatic N) is 5. The van der Waals surface area contributed by atoms with Crippen LogP contribution >= 0.6 is 0 Å². The smallest absolute Gasteiger partial charge is 0.342 e. The molecule has 0 aliphatic carbocycles. The Morgan fingerprint density at radius 2 is 1.58 bits per heavy atom. The third-order valence-corrected chi connectivity index (χ3v) is 8.21. The second kappa shape index (κ2) is 8.36. The lowest BCUT2D eigenvalue weighted by atomic mass is 9.95. The largest absolute Gasteiger partial charge is 0.358 e. The maximum atomic E-state index is 12.8. The van der Waals surface area contributed by atoms with Crippen LogP contribution < -0.4 is 4.18 Å². The van der Waals surface area contributed by atoms with Crippen LogP contribution in [0.4, 0.5) is 0 Å². The van der Waals surface area contributed by atoms with Gasteiger partial charge in [0.05, 0.1) is 5.69 Å². The number of hydrogen-bond acceptors (Lipinski definition) is 8. The van der Waals surface area contributed by atoms with Crippen molar-refractivity contribution in [1.29, 1.82) is 0 Å². The Kier molecular flexibility index (Phi) is 5.77. The lowest BCUT2D eigenvalue weighted by Crippen LogP contribution is -2.38. The van der Waals surface area contributed by atoms with Gasteiger partial charge in [0.2, 0.25) is 15.9 Å². The average molecular weight is 464 g/mol. The molecule has 0 aromatic carbocycles. The van der Waals surface area contributed by atoms with Crippen LogP contribution in [0.1, 0.15) is 24.5 Å². The van der Waals surface area contributed by atoms with Gasteiger partial charge in [-0.1, -0.05) is 0 Å². The molecule has 0 N–H and O–H groups in total. The summed E-state index contributed by atoms with van der Waals surface area (Å²) >= 11 is 0. The molecule has 12 heteroatoms. The number of piperidine rings is 1. The monoisotopic (exact) mass is 463 g/mol. The Balaban J connectivity index is 1.46. The lowest BCUT2D eigenvalue weighted by molar-refractivity contribution is 0.316. The van der Waals surface area contributed by atoms with Gasteiger partial charge in [-0.05, 0) is 37.1 Å². The van der Waals surface area contributed by atoms with E-state index in [9.17, 15) is 16.8 Å². The third kappa shape index (κ3) is 4.45. The molecule has 0 saturated carbocycles. The number of pyridine rings is 2. The van der Waals surface area contributed by atoms with Gasteiger partial charge < -0.3 is 4.18 Å². The van der Waals surface area contributed by atoms with E-state index in [4.69, 9.17) is 4.18 Å². The molecular formula is C19H21N5O5S2. The normalized spacial score (nSPS) is 16.3. The molecule has 0 radical (unpaired) electrons. The molecule has 3 aromatic rings. The van der Waals surface area contributed by atoms with Crippen LogP contribution in [0.3, 0.4) is 0 Å². The topological polar surface area (TPSA) is 124 Å². The number of sulfonamides is 1. The number of hydrogen-bond donors (Lipinski definition) is 0. The summed E-state index contributed by atoms with van der Waals surface area (Å²) in [6, 6.07) is 7.62. The highest BCUT2D eigenvalue weighted by Gasteiger charge is 2.31. The van der Waals surface area contributed by atoms with Gasteiger partial charge in [-0.25, -0.2) is 13.1 Å². The van der Waals surface area contributed by atoms with Crippen molar-refractivity contribution < 1.29 is 21.0 Å².